The number of hydrogen-bond acceptors (Lipinski definition) is 2. The zero-order valence-corrected chi connectivity index (χ0v) is 11.1. The van der Waals surface area contributed by atoms with Crippen molar-refractivity contribution < 1.29 is 4.74 Å². The summed E-state index contributed by atoms with van der Waals surface area (Å²) in [6.07, 6.45) is 2.39. The Morgan fingerprint density at radius 1 is 1.35 bits per heavy atom. The van der Waals surface area contributed by atoms with Crippen LogP contribution >= 0.6 is 0 Å². The van der Waals surface area contributed by atoms with E-state index in [2.05, 4.69) is 39.0 Å². The zero-order chi connectivity index (χ0) is 12.4. The summed E-state index contributed by atoms with van der Waals surface area (Å²) in [6, 6.07) is 6.67. The fraction of sp³-hybridized carbons (Fsp3) is 0.600. The summed E-state index contributed by atoms with van der Waals surface area (Å²) in [5.74, 6) is 0.508. The number of hydrogen-bond donors (Lipinski definition) is 1. The largest absolute Gasteiger partial charge is 0.378 e. The highest BCUT2D eigenvalue weighted by Gasteiger charge is 2.30. The van der Waals surface area contributed by atoms with E-state index in [0.717, 1.165) is 19.4 Å². The summed E-state index contributed by atoms with van der Waals surface area (Å²) in [6.45, 7) is 7.35. The van der Waals surface area contributed by atoms with Gasteiger partial charge in [0.15, 0.2) is 0 Å². The molecular weight excluding hydrogens is 210 g/mol. The van der Waals surface area contributed by atoms with Gasteiger partial charge in [-0.2, -0.15) is 0 Å². The molecular formula is C15H23NO. The normalized spacial score (nSPS) is 26.1. The molecule has 2 N–H and O–H groups in total. The van der Waals surface area contributed by atoms with Crippen molar-refractivity contribution in [3.8, 4) is 0 Å². The van der Waals surface area contributed by atoms with E-state index in [1.165, 1.54) is 16.7 Å². The van der Waals surface area contributed by atoms with E-state index in [9.17, 15) is 0 Å². The van der Waals surface area contributed by atoms with Gasteiger partial charge in [-0.1, -0.05) is 18.2 Å². The molecule has 1 saturated heterocycles. The topological polar surface area (TPSA) is 35.2 Å². The summed E-state index contributed by atoms with van der Waals surface area (Å²) >= 11 is 0. The maximum absolute atomic E-state index is 6.36. The van der Waals surface area contributed by atoms with Crippen LogP contribution in [0.4, 0.5) is 0 Å². The first-order valence-electron chi connectivity index (χ1n) is 6.52. The van der Waals surface area contributed by atoms with Gasteiger partial charge in [-0.25, -0.2) is 0 Å². The maximum Gasteiger partial charge on any atom is 0.0590 e. The second-order valence-electron chi connectivity index (χ2n) is 5.27. The first-order chi connectivity index (χ1) is 8.09. The molecule has 0 bridgehead atoms. The SMILES string of the molecule is Cc1cccc(C)c1CC(N)C1CCOC1C. The van der Waals surface area contributed by atoms with Crippen LogP contribution in [0.1, 0.15) is 30.0 Å². The van der Waals surface area contributed by atoms with Gasteiger partial charge in [0.1, 0.15) is 0 Å². The molecule has 0 saturated carbocycles. The van der Waals surface area contributed by atoms with Gasteiger partial charge in [0.05, 0.1) is 6.10 Å². The lowest BCUT2D eigenvalue weighted by molar-refractivity contribution is 0.0994. The second kappa shape index (κ2) is 5.19. The van der Waals surface area contributed by atoms with Crippen LogP contribution in [0.25, 0.3) is 0 Å². The average molecular weight is 233 g/mol. The van der Waals surface area contributed by atoms with Crippen molar-refractivity contribution in [2.24, 2.45) is 11.7 Å². The molecule has 1 aliphatic rings. The standard InChI is InChI=1S/C15H23NO/c1-10-5-4-6-11(2)14(10)9-15(16)13-7-8-17-12(13)3/h4-6,12-13,15H,7-9,16H2,1-3H3. The van der Waals surface area contributed by atoms with Crippen LogP contribution in [0.15, 0.2) is 18.2 Å². The molecule has 0 amide bonds. The lowest BCUT2D eigenvalue weighted by Gasteiger charge is -2.23. The number of nitrogens with two attached hydrogens (primary N) is 1. The highest BCUT2D eigenvalue weighted by Crippen LogP contribution is 2.26. The molecule has 1 aromatic carbocycles. The van der Waals surface area contributed by atoms with E-state index >= 15 is 0 Å². The van der Waals surface area contributed by atoms with Crippen LogP contribution in [0.5, 0.6) is 0 Å². The van der Waals surface area contributed by atoms with Crippen molar-refractivity contribution in [3.05, 3.63) is 34.9 Å². The molecule has 0 aromatic heterocycles. The van der Waals surface area contributed by atoms with Gasteiger partial charge in [-0.3, -0.25) is 0 Å². The van der Waals surface area contributed by atoms with Crippen LogP contribution in [-0.2, 0) is 11.2 Å². The summed E-state index contributed by atoms with van der Waals surface area (Å²) < 4.78 is 5.60. The van der Waals surface area contributed by atoms with Gasteiger partial charge in [-0.15, -0.1) is 0 Å². The van der Waals surface area contributed by atoms with Crippen LogP contribution in [-0.4, -0.2) is 18.8 Å². The predicted molar refractivity (Wildman–Crippen MR) is 71.1 cm³/mol. The van der Waals surface area contributed by atoms with E-state index in [-0.39, 0.29) is 6.04 Å². The third kappa shape index (κ3) is 2.70. The molecule has 3 atom stereocenters. The lowest BCUT2D eigenvalue weighted by Crippen LogP contribution is -2.36. The molecule has 2 nitrogen and oxygen atoms in total. The Labute approximate surface area is 104 Å². The minimum absolute atomic E-state index is 0.215. The summed E-state index contributed by atoms with van der Waals surface area (Å²) in [5, 5.41) is 0. The van der Waals surface area contributed by atoms with E-state index in [0.29, 0.717) is 12.0 Å². The van der Waals surface area contributed by atoms with Crippen LogP contribution in [0.2, 0.25) is 0 Å². The smallest absolute Gasteiger partial charge is 0.0590 e. The molecule has 0 radical (unpaired) electrons. The minimum atomic E-state index is 0.215. The first kappa shape index (κ1) is 12.6. The fourth-order valence-corrected chi connectivity index (χ4v) is 2.87. The van der Waals surface area contributed by atoms with Crippen LogP contribution in [0.3, 0.4) is 0 Å². The Hall–Kier alpha value is -0.860. The Morgan fingerprint density at radius 3 is 2.53 bits per heavy atom. The third-order valence-corrected chi connectivity index (χ3v) is 4.07. The van der Waals surface area contributed by atoms with Crippen molar-refractivity contribution in [1.29, 1.82) is 0 Å². The van der Waals surface area contributed by atoms with Gasteiger partial charge in [0.2, 0.25) is 0 Å². The molecule has 0 spiro atoms. The molecule has 1 aromatic rings. The number of benzene rings is 1. The average Bonchev–Trinajstić information content (AvgIpc) is 2.70. The van der Waals surface area contributed by atoms with Crippen molar-refractivity contribution in [2.75, 3.05) is 6.61 Å². The number of aryl methyl sites for hydroxylation is 2. The van der Waals surface area contributed by atoms with E-state index in [4.69, 9.17) is 10.5 Å². The molecule has 94 valence electrons. The third-order valence-electron chi connectivity index (χ3n) is 4.07. The van der Waals surface area contributed by atoms with Crippen molar-refractivity contribution in [1.82, 2.24) is 0 Å². The summed E-state index contributed by atoms with van der Waals surface area (Å²) in [4.78, 5) is 0. The fourth-order valence-electron chi connectivity index (χ4n) is 2.87. The van der Waals surface area contributed by atoms with Crippen LogP contribution < -0.4 is 5.73 Å². The van der Waals surface area contributed by atoms with Crippen LogP contribution in [0, 0.1) is 19.8 Å². The molecule has 17 heavy (non-hydrogen) atoms. The summed E-state index contributed by atoms with van der Waals surface area (Å²) in [7, 11) is 0. The monoisotopic (exact) mass is 233 g/mol. The molecule has 2 heteroatoms. The molecule has 1 heterocycles. The lowest BCUT2D eigenvalue weighted by atomic mass is 9.87. The number of ether oxygens (including phenoxy) is 1. The predicted octanol–water partition coefficient (Wildman–Crippen LogP) is 2.60. The van der Waals surface area contributed by atoms with E-state index in [1.54, 1.807) is 0 Å². The first-order valence-corrected chi connectivity index (χ1v) is 6.52. The summed E-state index contributed by atoms with van der Waals surface area (Å²) in [5.41, 5.74) is 10.5. The van der Waals surface area contributed by atoms with Gasteiger partial charge in [0, 0.05) is 18.6 Å². The van der Waals surface area contributed by atoms with E-state index in [1.807, 2.05) is 0 Å². The highest BCUT2D eigenvalue weighted by molar-refractivity contribution is 5.34. The zero-order valence-electron chi connectivity index (χ0n) is 11.1. The molecule has 1 fully saturated rings. The van der Waals surface area contributed by atoms with Crippen molar-refractivity contribution in [3.63, 3.8) is 0 Å². The van der Waals surface area contributed by atoms with Crippen molar-refractivity contribution >= 4 is 0 Å². The second-order valence-corrected chi connectivity index (χ2v) is 5.27. The Kier molecular flexibility index (Phi) is 3.85. The van der Waals surface area contributed by atoms with Gasteiger partial charge in [0.25, 0.3) is 0 Å². The Balaban J connectivity index is 2.10. The minimum Gasteiger partial charge on any atom is -0.378 e. The molecule has 2 rings (SSSR count). The van der Waals surface area contributed by atoms with Gasteiger partial charge >= 0.3 is 0 Å². The van der Waals surface area contributed by atoms with Gasteiger partial charge < -0.3 is 10.5 Å². The molecule has 1 aliphatic heterocycles. The van der Waals surface area contributed by atoms with Crippen molar-refractivity contribution in [2.45, 2.75) is 45.8 Å². The maximum atomic E-state index is 6.36. The quantitative estimate of drug-likeness (QED) is 0.871. The number of rotatable bonds is 3. The van der Waals surface area contributed by atoms with Gasteiger partial charge in [-0.05, 0) is 50.3 Å². The van der Waals surface area contributed by atoms with E-state index < -0.39 is 0 Å². The molecule has 3 unspecified atom stereocenters. The Bertz CT molecular complexity index is 368. The molecule has 0 aliphatic carbocycles. The Morgan fingerprint density at radius 2 is 2.00 bits per heavy atom. The highest BCUT2D eigenvalue weighted by atomic mass is 16.5.